The number of carbonyl (C=O) groups excluding carboxylic acids is 1. The molecule has 0 saturated carbocycles. The van der Waals surface area contributed by atoms with Crippen LogP contribution in [-0.4, -0.2) is 52.5 Å². The lowest BCUT2D eigenvalue weighted by molar-refractivity contribution is 0.0781. The van der Waals surface area contributed by atoms with E-state index in [-0.39, 0.29) is 12.2 Å². The second-order valence-corrected chi connectivity index (χ2v) is 7.49. The molecule has 1 saturated heterocycles. The first-order chi connectivity index (χ1) is 15.5. The lowest BCUT2D eigenvalue weighted by Crippen LogP contribution is -2.46. The van der Waals surface area contributed by atoms with Crippen LogP contribution < -0.4 is 20.7 Å². The van der Waals surface area contributed by atoms with E-state index in [1.807, 2.05) is 0 Å². The summed E-state index contributed by atoms with van der Waals surface area (Å²) in [7, 11) is 3.06. The Labute approximate surface area is 184 Å². The number of nitrogens with zero attached hydrogens (tertiary/aromatic N) is 4. The molecule has 0 atom stereocenters. The van der Waals surface area contributed by atoms with E-state index >= 15 is 0 Å². The van der Waals surface area contributed by atoms with Crippen LogP contribution in [0.25, 0.3) is 5.69 Å². The molecule has 3 aromatic rings. The lowest BCUT2D eigenvalue weighted by Gasteiger charge is -2.17. The topological polar surface area (TPSA) is 95.7 Å². The zero-order valence-corrected chi connectivity index (χ0v) is 18.0. The minimum atomic E-state index is -0.714. The third-order valence-corrected chi connectivity index (χ3v) is 5.43. The first-order valence-corrected chi connectivity index (χ1v) is 10.3. The lowest BCUT2D eigenvalue weighted by atomic mass is 10.2. The Morgan fingerprint density at radius 1 is 0.969 bits per heavy atom. The maximum atomic E-state index is 13.3. The smallest absolute Gasteiger partial charge is 0.352 e. The summed E-state index contributed by atoms with van der Waals surface area (Å²) in [6, 6.07) is 13.8. The quantitative estimate of drug-likeness (QED) is 0.584. The highest BCUT2D eigenvalue weighted by Crippen LogP contribution is 2.16. The summed E-state index contributed by atoms with van der Waals surface area (Å²) < 4.78 is 12.6. The van der Waals surface area contributed by atoms with Crippen molar-refractivity contribution in [2.24, 2.45) is 0 Å². The molecule has 4 rings (SSSR count). The van der Waals surface area contributed by atoms with E-state index in [2.05, 4.69) is 5.10 Å². The SMILES string of the molecule is COc1cccc(Cn2c(=O)c(C(=O)N3CCCC3)nn(-c3cccc(OC)c3)c2=O)c1. The van der Waals surface area contributed by atoms with Crippen LogP contribution in [0.3, 0.4) is 0 Å². The van der Waals surface area contributed by atoms with Gasteiger partial charge >= 0.3 is 5.69 Å². The number of hydrogen-bond donors (Lipinski definition) is 0. The van der Waals surface area contributed by atoms with Crippen LogP contribution in [-0.2, 0) is 6.54 Å². The van der Waals surface area contributed by atoms with E-state index in [0.717, 1.165) is 22.1 Å². The zero-order chi connectivity index (χ0) is 22.7. The second-order valence-electron chi connectivity index (χ2n) is 7.49. The standard InChI is InChI=1S/C23H24N4O5/c1-31-18-9-5-7-16(13-18)15-26-22(29)20(21(28)25-11-3-4-12-25)24-27(23(26)30)17-8-6-10-19(14-17)32-2/h5-10,13-14H,3-4,11-12,15H2,1-2H3. The normalized spacial score (nSPS) is 13.2. The summed E-state index contributed by atoms with van der Waals surface area (Å²) in [6.07, 6.45) is 1.75. The minimum absolute atomic E-state index is 0.0262. The summed E-state index contributed by atoms with van der Waals surface area (Å²) in [6.45, 7) is 1.10. The summed E-state index contributed by atoms with van der Waals surface area (Å²) in [4.78, 5) is 41.2. The summed E-state index contributed by atoms with van der Waals surface area (Å²) in [5, 5.41) is 4.20. The summed E-state index contributed by atoms with van der Waals surface area (Å²) >= 11 is 0. The highest BCUT2D eigenvalue weighted by Gasteiger charge is 2.26. The van der Waals surface area contributed by atoms with Crippen LogP contribution in [0.4, 0.5) is 0 Å². The van der Waals surface area contributed by atoms with Crippen LogP contribution in [0, 0.1) is 0 Å². The molecule has 2 aromatic carbocycles. The molecule has 2 heterocycles. The number of amides is 1. The Balaban J connectivity index is 1.88. The predicted molar refractivity (Wildman–Crippen MR) is 118 cm³/mol. The third kappa shape index (κ3) is 4.14. The van der Waals surface area contributed by atoms with E-state index in [9.17, 15) is 14.4 Å². The fraction of sp³-hybridized carbons (Fsp3) is 0.304. The number of likely N-dealkylation sites (tertiary alicyclic amines) is 1. The fourth-order valence-electron chi connectivity index (χ4n) is 3.72. The van der Waals surface area contributed by atoms with Gasteiger partial charge in [0.05, 0.1) is 26.5 Å². The van der Waals surface area contributed by atoms with Crippen molar-refractivity contribution in [3.05, 3.63) is 80.6 Å². The van der Waals surface area contributed by atoms with E-state index in [1.54, 1.807) is 60.5 Å². The van der Waals surface area contributed by atoms with Crippen LogP contribution in [0.15, 0.2) is 58.1 Å². The van der Waals surface area contributed by atoms with Crippen molar-refractivity contribution in [1.82, 2.24) is 19.2 Å². The van der Waals surface area contributed by atoms with Gasteiger partial charge in [-0.15, -0.1) is 0 Å². The van der Waals surface area contributed by atoms with Crippen molar-refractivity contribution in [3.8, 4) is 17.2 Å². The largest absolute Gasteiger partial charge is 0.497 e. The minimum Gasteiger partial charge on any atom is -0.497 e. The molecule has 1 fully saturated rings. The molecule has 166 valence electrons. The number of carbonyl (C=O) groups is 1. The molecule has 1 amide bonds. The highest BCUT2D eigenvalue weighted by molar-refractivity contribution is 5.92. The van der Waals surface area contributed by atoms with Gasteiger partial charge in [-0.3, -0.25) is 14.2 Å². The van der Waals surface area contributed by atoms with Crippen molar-refractivity contribution in [2.45, 2.75) is 19.4 Å². The predicted octanol–water partition coefficient (Wildman–Crippen LogP) is 1.70. The molecule has 0 unspecified atom stereocenters. The number of ether oxygens (including phenoxy) is 2. The van der Waals surface area contributed by atoms with Gasteiger partial charge in [-0.1, -0.05) is 18.2 Å². The van der Waals surface area contributed by atoms with Gasteiger partial charge in [-0.2, -0.15) is 9.78 Å². The van der Waals surface area contributed by atoms with E-state index in [1.165, 1.54) is 7.11 Å². The van der Waals surface area contributed by atoms with Crippen molar-refractivity contribution < 1.29 is 14.3 Å². The first-order valence-electron chi connectivity index (χ1n) is 10.3. The number of methoxy groups -OCH3 is 2. The maximum Gasteiger partial charge on any atom is 0.352 e. The van der Waals surface area contributed by atoms with Gasteiger partial charge < -0.3 is 14.4 Å². The van der Waals surface area contributed by atoms with Gasteiger partial charge in [0.1, 0.15) is 11.5 Å². The average molecular weight is 436 g/mol. The molecule has 1 aliphatic heterocycles. The third-order valence-electron chi connectivity index (χ3n) is 5.43. The molecule has 9 nitrogen and oxygen atoms in total. The molecule has 0 spiro atoms. The van der Waals surface area contributed by atoms with Crippen LogP contribution in [0.1, 0.15) is 28.9 Å². The molecular formula is C23H24N4O5. The Hall–Kier alpha value is -3.88. The van der Waals surface area contributed by atoms with Crippen molar-refractivity contribution in [1.29, 1.82) is 0 Å². The van der Waals surface area contributed by atoms with E-state index in [0.29, 0.717) is 35.8 Å². The Kier molecular flexibility index (Phi) is 6.07. The van der Waals surface area contributed by atoms with Gasteiger partial charge in [0.15, 0.2) is 0 Å². The van der Waals surface area contributed by atoms with Gasteiger partial charge in [-0.05, 0) is 42.7 Å². The van der Waals surface area contributed by atoms with Gasteiger partial charge in [-0.25, -0.2) is 4.79 Å². The molecule has 0 N–H and O–H groups in total. The second kappa shape index (κ2) is 9.09. The van der Waals surface area contributed by atoms with Crippen molar-refractivity contribution >= 4 is 5.91 Å². The average Bonchev–Trinajstić information content (AvgIpc) is 3.37. The summed E-state index contributed by atoms with van der Waals surface area (Å²) in [5.74, 6) is 0.656. The highest BCUT2D eigenvalue weighted by atomic mass is 16.5. The number of hydrogen-bond acceptors (Lipinski definition) is 6. The Bertz CT molecular complexity index is 1260. The number of benzene rings is 2. The van der Waals surface area contributed by atoms with E-state index in [4.69, 9.17) is 9.47 Å². The van der Waals surface area contributed by atoms with Crippen LogP contribution >= 0.6 is 0 Å². The van der Waals surface area contributed by atoms with Gasteiger partial charge in [0.2, 0.25) is 5.69 Å². The Morgan fingerprint density at radius 2 is 1.62 bits per heavy atom. The Morgan fingerprint density at radius 3 is 2.31 bits per heavy atom. The number of rotatable bonds is 6. The first kappa shape index (κ1) is 21.4. The monoisotopic (exact) mass is 436 g/mol. The molecule has 0 bridgehead atoms. The fourth-order valence-corrected chi connectivity index (χ4v) is 3.72. The molecule has 32 heavy (non-hydrogen) atoms. The van der Waals surface area contributed by atoms with E-state index < -0.39 is 17.2 Å². The molecule has 0 aliphatic carbocycles. The molecule has 1 aliphatic rings. The van der Waals surface area contributed by atoms with Gasteiger partial charge in [0.25, 0.3) is 11.5 Å². The van der Waals surface area contributed by atoms with Crippen LogP contribution in [0.2, 0.25) is 0 Å². The maximum absolute atomic E-state index is 13.3. The van der Waals surface area contributed by atoms with Crippen molar-refractivity contribution in [3.63, 3.8) is 0 Å². The summed E-state index contributed by atoms with van der Waals surface area (Å²) in [5.41, 5.74) is -0.564. The van der Waals surface area contributed by atoms with Crippen molar-refractivity contribution in [2.75, 3.05) is 27.3 Å². The molecule has 9 heteroatoms. The molecule has 1 aromatic heterocycles. The zero-order valence-electron chi connectivity index (χ0n) is 18.0. The molecular weight excluding hydrogens is 412 g/mol. The number of aromatic nitrogens is 3. The molecule has 0 radical (unpaired) electrons. The van der Waals surface area contributed by atoms with Crippen LogP contribution in [0.5, 0.6) is 11.5 Å². The van der Waals surface area contributed by atoms with Gasteiger partial charge in [0, 0.05) is 19.2 Å².